The molecule has 1 unspecified atom stereocenters. The number of rotatable bonds is 5. The van der Waals surface area contributed by atoms with Crippen LogP contribution < -0.4 is 0 Å². The molecule has 1 aromatic carbocycles. The maximum atomic E-state index is 15.5. The van der Waals surface area contributed by atoms with Gasteiger partial charge in [0.15, 0.2) is 6.29 Å². The summed E-state index contributed by atoms with van der Waals surface area (Å²) in [6.07, 6.45) is 3.19. The van der Waals surface area contributed by atoms with Crippen LogP contribution in [0.1, 0.15) is 21.6 Å². The molecule has 10 heteroatoms. The molecule has 1 fully saturated rings. The summed E-state index contributed by atoms with van der Waals surface area (Å²) in [5.41, 5.74) is 2.89. The molecule has 1 saturated heterocycles. The van der Waals surface area contributed by atoms with E-state index in [-0.39, 0.29) is 29.8 Å². The molecule has 0 N–H and O–H groups in total. The van der Waals surface area contributed by atoms with Crippen LogP contribution in [0.15, 0.2) is 48.8 Å². The van der Waals surface area contributed by atoms with Crippen molar-refractivity contribution >= 4 is 18.0 Å². The number of fused-ring (bicyclic) bond motifs is 1. The van der Waals surface area contributed by atoms with Crippen molar-refractivity contribution in [1.82, 2.24) is 19.3 Å². The van der Waals surface area contributed by atoms with Gasteiger partial charge in [-0.1, -0.05) is 0 Å². The number of imidazole rings is 1. The summed E-state index contributed by atoms with van der Waals surface area (Å²) in [4.78, 5) is 33.2. The van der Waals surface area contributed by atoms with E-state index in [4.69, 9.17) is 9.47 Å². The SMILES string of the molecule is COC(=O)N1CCOC(Cc2c(-c3c(F)cc(-c4ccc(C=O)cn4)cc3F)nc3cc(C)ccn23)C1. The van der Waals surface area contributed by atoms with Gasteiger partial charge in [0.05, 0.1) is 49.0 Å². The zero-order valence-electron chi connectivity index (χ0n) is 20.3. The summed E-state index contributed by atoms with van der Waals surface area (Å²) in [7, 11) is 1.32. The molecule has 1 aliphatic rings. The normalized spacial score (nSPS) is 15.7. The lowest BCUT2D eigenvalue weighted by atomic mass is 10.0. The number of aldehydes is 1. The first-order chi connectivity index (χ1) is 17.9. The number of methoxy groups -OCH3 is 1. The highest BCUT2D eigenvalue weighted by Crippen LogP contribution is 2.34. The van der Waals surface area contributed by atoms with Crippen LogP contribution in [0.5, 0.6) is 0 Å². The number of morpholine rings is 1. The largest absolute Gasteiger partial charge is 0.453 e. The van der Waals surface area contributed by atoms with E-state index in [2.05, 4.69) is 9.97 Å². The van der Waals surface area contributed by atoms with Crippen LogP contribution in [0, 0.1) is 18.6 Å². The third-order valence-corrected chi connectivity index (χ3v) is 6.37. The highest BCUT2D eigenvalue weighted by Gasteiger charge is 2.29. The van der Waals surface area contributed by atoms with Gasteiger partial charge in [0.2, 0.25) is 0 Å². The Morgan fingerprint density at radius 2 is 2.00 bits per heavy atom. The van der Waals surface area contributed by atoms with Crippen molar-refractivity contribution in [3.63, 3.8) is 0 Å². The van der Waals surface area contributed by atoms with Gasteiger partial charge in [-0.3, -0.25) is 9.78 Å². The Morgan fingerprint density at radius 1 is 1.22 bits per heavy atom. The second kappa shape index (κ2) is 10.1. The van der Waals surface area contributed by atoms with E-state index in [1.165, 1.54) is 37.6 Å². The highest BCUT2D eigenvalue weighted by atomic mass is 19.1. The highest BCUT2D eigenvalue weighted by molar-refractivity contribution is 5.76. The van der Waals surface area contributed by atoms with Crippen LogP contribution in [0.2, 0.25) is 0 Å². The van der Waals surface area contributed by atoms with Gasteiger partial charge < -0.3 is 18.8 Å². The lowest BCUT2D eigenvalue weighted by Crippen LogP contribution is -2.46. The average Bonchev–Trinajstić information content (AvgIpc) is 3.24. The van der Waals surface area contributed by atoms with Crippen LogP contribution in [-0.4, -0.2) is 64.6 Å². The Hall–Kier alpha value is -4.18. The molecule has 0 spiro atoms. The molecular formula is C27H24F2N4O4. The first kappa shape index (κ1) is 24.5. The molecule has 0 saturated carbocycles. The van der Waals surface area contributed by atoms with Crippen LogP contribution in [0.4, 0.5) is 13.6 Å². The van der Waals surface area contributed by atoms with Crippen molar-refractivity contribution in [3.05, 3.63) is 77.2 Å². The smallest absolute Gasteiger partial charge is 0.409 e. The molecule has 0 bridgehead atoms. The molecular weight excluding hydrogens is 482 g/mol. The van der Waals surface area contributed by atoms with E-state index in [9.17, 15) is 9.59 Å². The van der Waals surface area contributed by atoms with Gasteiger partial charge in [-0.15, -0.1) is 0 Å². The fraction of sp³-hybridized carbons (Fsp3) is 0.259. The Morgan fingerprint density at radius 3 is 2.68 bits per heavy atom. The van der Waals surface area contributed by atoms with Gasteiger partial charge in [-0.05, 0) is 48.9 Å². The van der Waals surface area contributed by atoms with Gasteiger partial charge in [-0.2, -0.15) is 0 Å². The summed E-state index contributed by atoms with van der Waals surface area (Å²) < 4.78 is 43.6. The number of ether oxygens (including phenoxy) is 2. The van der Waals surface area contributed by atoms with E-state index >= 15 is 8.78 Å². The fourth-order valence-electron chi connectivity index (χ4n) is 4.54. The number of hydrogen-bond donors (Lipinski definition) is 0. The van der Waals surface area contributed by atoms with Crippen molar-refractivity contribution < 1.29 is 27.8 Å². The van der Waals surface area contributed by atoms with Crippen molar-refractivity contribution in [1.29, 1.82) is 0 Å². The topological polar surface area (TPSA) is 86.0 Å². The number of aryl methyl sites for hydroxylation is 1. The summed E-state index contributed by atoms with van der Waals surface area (Å²) in [5, 5.41) is 0. The van der Waals surface area contributed by atoms with Crippen molar-refractivity contribution in [2.45, 2.75) is 19.4 Å². The number of pyridine rings is 2. The zero-order chi connectivity index (χ0) is 26.1. The number of carbonyl (C=O) groups excluding carboxylic acids is 2. The molecule has 0 radical (unpaired) electrons. The molecule has 190 valence electrons. The van der Waals surface area contributed by atoms with E-state index in [0.29, 0.717) is 42.0 Å². The molecule has 1 atom stereocenters. The third kappa shape index (κ3) is 4.79. The predicted octanol–water partition coefficient (Wildman–Crippen LogP) is 4.47. The van der Waals surface area contributed by atoms with Crippen molar-refractivity contribution in [3.8, 4) is 22.5 Å². The lowest BCUT2D eigenvalue weighted by Gasteiger charge is -2.32. The van der Waals surface area contributed by atoms with Crippen molar-refractivity contribution in [2.24, 2.45) is 0 Å². The molecule has 1 amide bonds. The fourth-order valence-corrected chi connectivity index (χ4v) is 4.54. The Kier molecular flexibility index (Phi) is 6.66. The van der Waals surface area contributed by atoms with Gasteiger partial charge in [-0.25, -0.2) is 18.6 Å². The average molecular weight is 507 g/mol. The number of amides is 1. The quantitative estimate of drug-likeness (QED) is 0.371. The molecule has 37 heavy (non-hydrogen) atoms. The maximum Gasteiger partial charge on any atom is 0.409 e. The number of carbonyl (C=O) groups is 2. The summed E-state index contributed by atoms with van der Waals surface area (Å²) >= 11 is 0. The number of halogens is 2. The minimum atomic E-state index is -0.793. The molecule has 0 aliphatic carbocycles. The number of benzene rings is 1. The Labute approximate surface area is 211 Å². The standard InChI is InChI=1S/C27H24F2N4O4/c1-16-5-6-33-23(12-19-14-32(7-8-37-19)27(35)36-2)26(31-24(33)9-16)25-20(28)10-18(11-21(25)29)22-4-3-17(15-34)13-30-22/h3-6,9-11,13,15,19H,7-8,12,14H2,1-2H3. The molecule has 5 rings (SSSR count). The number of nitrogens with zero attached hydrogens (tertiary/aromatic N) is 4. The Bertz CT molecular complexity index is 1460. The molecule has 3 aromatic heterocycles. The van der Waals surface area contributed by atoms with E-state index < -0.39 is 23.8 Å². The number of hydrogen-bond acceptors (Lipinski definition) is 6. The summed E-state index contributed by atoms with van der Waals surface area (Å²) in [6, 6.07) is 9.19. The van der Waals surface area contributed by atoms with Crippen LogP contribution >= 0.6 is 0 Å². The molecule has 4 heterocycles. The first-order valence-electron chi connectivity index (χ1n) is 11.7. The molecule has 1 aliphatic heterocycles. The minimum Gasteiger partial charge on any atom is -0.453 e. The third-order valence-electron chi connectivity index (χ3n) is 6.37. The maximum absolute atomic E-state index is 15.5. The minimum absolute atomic E-state index is 0.162. The summed E-state index contributed by atoms with van der Waals surface area (Å²) in [6.45, 7) is 2.90. The monoisotopic (exact) mass is 506 g/mol. The lowest BCUT2D eigenvalue weighted by molar-refractivity contribution is -0.0241. The van der Waals surface area contributed by atoms with Crippen LogP contribution in [0.3, 0.4) is 0 Å². The Balaban J connectivity index is 1.57. The summed E-state index contributed by atoms with van der Waals surface area (Å²) in [5.74, 6) is -1.59. The first-order valence-corrected chi connectivity index (χ1v) is 11.7. The van der Waals surface area contributed by atoms with Gasteiger partial charge in [0.1, 0.15) is 17.3 Å². The van der Waals surface area contributed by atoms with Crippen molar-refractivity contribution in [2.75, 3.05) is 26.8 Å². The predicted molar refractivity (Wildman–Crippen MR) is 131 cm³/mol. The van der Waals surface area contributed by atoms with Gasteiger partial charge in [0, 0.05) is 36.5 Å². The molecule has 4 aromatic rings. The second-order valence-electron chi connectivity index (χ2n) is 8.86. The van der Waals surface area contributed by atoms with Crippen LogP contribution in [-0.2, 0) is 15.9 Å². The zero-order valence-corrected chi connectivity index (χ0v) is 20.3. The van der Waals surface area contributed by atoms with Crippen LogP contribution in [0.25, 0.3) is 28.2 Å². The second-order valence-corrected chi connectivity index (χ2v) is 8.86. The molecule has 8 nitrogen and oxygen atoms in total. The van der Waals surface area contributed by atoms with E-state index in [0.717, 1.165) is 5.56 Å². The number of aromatic nitrogens is 3. The van der Waals surface area contributed by atoms with E-state index in [1.54, 1.807) is 15.5 Å². The van der Waals surface area contributed by atoms with Gasteiger partial charge >= 0.3 is 6.09 Å². The van der Waals surface area contributed by atoms with Gasteiger partial charge in [0.25, 0.3) is 0 Å². The van der Waals surface area contributed by atoms with E-state index in [1.807, 2.05) is 19.1 Å².